The van der Waals surface area contributed by atoms with E-state index in [4.69, 9.17) is 9.84 Å². The van der Waals surface area contributed by atoms with Crippen LogP contribution in [0.1, 0.15) is 59.7 Å². The zero-order valence-electron chi connectivity index (χ0n) is 22.2. The molecule has 0 radical (unpaired) electrons. The molecule has 0 unspecified atom stereocenters. The maximum absolute atomic E-state index is 13.2. The van der Waals surface area contributed by atoms with E-state index in [1.54, 1.807) is 24.2 Å². The van der Waals surface area contributed by atoms with E-state index in [0.717, 1.165) is 33.6 Å². The number of nitrogens with one attached hydrogen (secondary N) is 2. The number of hydrogen-bond donors (Lipinski definition) is 2. The first-order valence-corrected chi connectivity index (χ1v) is 13.1. The molecular weight excluding hydrogens is 476 g/mol. The van der Waals surface area contributed by atoms with E-state index in [9.17, 15) is 4.79 Å². The van der Waals surface area contributed by atoms with Gasteiger partial charge in [0.2, 0.25) is 0 Å². The summed E-state index contributed by atoms with van der Waals surface area (Å²) in [6, 6.07) is 16.0. The Hall–Kier alpha value is -4.04. The maximum Gasteiger partial charge on any atom is 0.320 e. The van der Waals surface area contributed by atoms with Gasteiger partial charge in [0, 0.05) is 37.2 Å². The van der Waals surface area contributed by atoms with E-state index in [0.29, 0.717) is 30.7 Å². The van der Waals surface area contributed by atoms with Gasteiger partial charge in [0.1, 0.15) is 17.3 Å². The Morgan fingerprint density at radius 2 is 1.79 bits per heavy atom. The molecule has 1 fully saturated rings. The van der Waals surface area contributed by atoms with Crippen LogP contribution in [0.2, 0.25) is 0 Å². The van der Waals surface area contributed by atoms with Gasteiger partial charge in [0.15, 0.2) is 0 Å². The van der Waals surface area contributed by atoms with Gasteiger partial charge in [-0.2, -0.15) is 5.10 Å². The quantitative estimate of drug-likeness (QED) is 0.300. The smallest absolute Gasteiger partial charge is 0.320 e. The molecule has 0 bridgehead atoms. The lowest BCUT2D eigenvalue weighted by atomic mass is 9.91. The van der Waals surface area contributed by atoms with E-state index in [1.165, 1.54) is 31.2 Å². The van der Waals surface area contributed by atoms with E-state index in [2.05, 4.69) is 38.8 Å². The minimum absolute atomic E-state index is 0.286. The molecule has 0 atom stereocenters. The Balaban J connectivity index is 1.40. The standard InChI is InChI=1S/C30H34N6O2/c1-20-28(25-17-31-21(2)32-18-25)35-36(26-11-5-4-6-12-26)29(20)34-30(37)33-16-24-15-22(19-38-3)13-14-27(24)23-9-7-8-10-23/h4-6,11-15,17-18,23H,7-10,16,19H2,1-3H3,(H2,33,34,37). The van der Waals surface area contributed by atoms with Gasteiger partial charge in [0.25, 0.3) is 0 Å². The summed E-state index contributed by atoms with van der Waals surface area (Å²) in [7, 11) is 1.70. The van der Waals surface area contributed by atoms with Crippen LogP contribution >= 0.6 is 0 Å². The summed E-state index contributed by atoms with van der Waals surface area (Å²) in [4.78, 5) is 21.9. The van der Waals surface area contributed by atoms with Crippen molar-refractivity contribution >= 4 is 11.8 Å². The fourth-order valence-electron chi connectivity index (χ4n) is 5.22. The first kappa shape index (κ1) is 25.6. The van der Waals surface area contributed by atoms with Crippen molar-refractivity contribution in [3.8, 4) is 16.9 Å². The van der Waals surface area contributed by atoms with Crippen LogP contribution in [0.5, 0.6) is 0 Å². The summed E-state index contributed by atoms with van der Waals surface area (Å²) in [5.74, 6) is 1.85. The minimum Gasteiger partial charge on any atom is -0.380 e. The van der Waals surface area contributed by atoms with Gasteiger partial charge in [-0.15, -0.1) is 0 Å². The number of hydrogen-bond acceptors (Lipinski definition) is 5. The van der Waals surface area contributed by atoms with Gasteiger partial charge in [-0.1, -0.05) is 49.2 Å². The fourth-order valence-corrected chi connectivity index (χ4v) is 5.22. The summed E-state index contributed by atoms with van der Waals surface area (Å²) >= 11 is 0. The zero-order chi connectivity index (χ0) is 26.5. The second-order valence-corrected chi connectivity index (χ2v) is 9.84. The average molecular weight is 511 g/mol. The Morgan fingerprint density at radius 1 is 1.05 bits per heavy atom. The van der Waals surface area contributed by atoms with Gasteiger partial charge in [-0.05, 0) is 61.4 Å². The van der Waals surface area contributed by atoms with Crippen LogP contribution in [0.25, 0.3) is 16.9 Å². The average Bonchev–Trinajstić information content (AvgIpc) is 3.58. The van der Waals surface area contributed by atoms with Crippen LogP contribution in [-0.4, -0.2) is 32.9 Å². The first-order chi connectivity index (χ1) is 18.5. The number of aryl methyl sites for hydroxylation is 1. The van der Waals surface area contributed by atoms with Gasteiger partial charge in [-0.25, -0.2) is 19.4 Å². The number of ether oxygens (including phenoxy) is 1. The van der Waals surface area contributed by atoms with E-state index >= 15 is 0 Å². The number of nitrogens with zero attached hydrogens (tertiary/aromatic N) is 4. The monoisotopic (exact) mass is 510 g/mol. The number of rotatable bonds is 8. The predicted octanol–water partition coefficient (Wildman–Crippen LogP) is 6.07. The summed E-state index contributed by atoms with van der Waals surface area (Å²) in [5.41, 5.74) is 6.78. The highest BCUT2D eigenvalue weighted by molar-refractivity contribution is 5.90. The van der Waals surface area contributed by atoms with Crippen LogP contribution in [0.3, 0.4) is 0 Å². The molecule has 0 spiro atoms. The molecule has 1 saturated carbocycles. The molecule has 8 heteroatoms. The molecule has 0 saturated heterocycles. The normalized spacial score (nSPS) is 13.6. The zero-order valence-corrected chi connectivity index (χ0v) is 22.2. The molecule has 4 aromatic rings. The molecule has 196 valence electrons. The fraction of sp³-hybridized carbons (Fsp3) is 0.333. The predicted molar refractivity (Wildman–Crippen MR) is 148 cm³/mol. The second kappa shape index (κ2) is 11.6. The molecule has 1 aliphatic rings. The van der Waals surface area contributed by atoms with Crippen molar-refractivity contribution in [2.24, 2.45) is 0 Å². The second-order valence-electron chi connectivity index (χ2n) is 9.84. The largest absolute Gasteiger partial charge is 0.380 e. The van der Waals surface area contributed by atoms with Crippen LogP contribution in [0, 0.1) is 13.8 Å². The molecule has 2 heterocycles. The third-order valence-electron chi connectivity index (χ3n) is 7.16. The lowest BCUT2D eigenvalue weighted by Crippen LogP contribution is -2.30. The summed E-state index contributed by atoms with van der Waals surface area (Å²) < 4.78 is 7.11. The van der Waals surface area contributed by atoms with Gasteiger partial charge >= 0.3 is 6.03 Å². The molecule has 2 amide bonds. The van der Waals surface area contributed by atoms with Crippen LogP contribution in [-0.2, 0) is 17.9 Å². The van der Waals surface area contributed by atoms with Crippen molar-refractivity contribution < 1.29 is 9.53 Å². The van der Waals surface area contributed by atoms with Crippen molar-refractivity contribution in [2.75, 3.05) is 12.4 Å². The number of methoxy groups -OCH3 is 1. The third kappa shape index (κ3) is 5.60. The SMILES string of the molecule is COCc1ccc(C2CCCC2)c(CNC(=O)Nc2c(C)c(-c3cnc(C)nc3)nn2-c2ccccc2)c1. The molecule has 38 heavy (non-hydrogen) atoms. The van der Waals surface area contributed by atoms with Crippen molar-refractivity contribution in [1.29, 1.82) is 0 Å². The highest BCUT2D eigenvalue weighted by atomic mass is 16.5. The molecule has 2 aromatic heterocycles. The molecule has 5 rings (SSSR count). The Kier molecular flexibility index (Phi) is 7.79. The van der Waals surface area contributed by atoms with Gasteiger partial charge in [-0.3, -0.25) is 5.32 Å². The van der Waals surface area contributed by atoms with Crippen molar-refractivity contribution in [1.82, 2.24) is 25.1 Å². The number of carbonyl (C=O) groups excluding carboxylic acids is 1. The lowest BCUT2D eigenvalue weighted by molar-refractivity contribution is 0.185. The van der Waals surface area contributed by atoms with E-state index in [-0.39, 0.29) is 6.03 Å². The minimum atomic E-state index is -0.286. The van der Waals surface area contributed by atoms with Crippen molar-refractivity contribution in [2.45, 2.75) is 58.6 Å². The van der Waals surface area contributed by atoms with Crippen LogP contribution < -0.4 is 10.6 Å². The molecular formula is C30H34N6O2. The highest BCUT2D eigenvalue weighted by Gasteiger charge is 2.22. The Morgan fingerprint density at radius 3 is 2.50 bits per heavy atom. The first-order valence-electron chi connectivity index (χ1n) is 13.1. The third-order valence-corrected chi connectivity index (χ3v) is 7.16. The summed E-state index contributed by atoms with van der Waals surface area (Å²) in [6.07, 6.45) is 8.43. The number of anilines is 1. The van der Waals surface area contributed by atoms with Crippen molar-refractivity contribution in [3.63, 3.8) is 0 Å². The number of aromatic nitrogens is 4. The van der Waals surface area contributed by atoms with Gasteiger partial charge in [0.05, 0.1) is 12.3 Å². The molecule has 2 N–H and O–H groups in total. The Bertz CT molecular complexity index is 1390. The molecule has 1 aliphatic carbocycles. The highest BCUT2D eigenvalue weighted by Crippen LogP contribution is 2.36. The number of carbonyl (C=O) groups is 1. The topological polar surface area (TPSA) is 94.0 Å². The van der Waals surface area contributed by atoms with Gasteiger partial charge < -0.3 is 10.1 Å². The number of benzene rings is 2. The number of para-hydroxylation sites is 1. The molecule has 2 aromatic carbocycles. The van der Waals surface area contributed by atoms with Crippen LogP contribution in [0.4, 0.5) is 10.6 Å². The van der Waals surface area contributed by atoms with Crippen molar-refractivity contribution in [3.05, 3.63) is 89.0 Å². The lowest BCUT2D eigenvalue weighted by Gasteiger charge is -2.18. The summed E-state index contributed by atoms with van der Waals surface area (Å²) in [6.45, 7) is 4.78. The molecule has 8 nitrogen and oxygen atoms in total. The Labute approximate surface area is 223 Å². The molecule has 0 aliphatic heterocycles. The number of amides is 2. The van der Waals surface area contributed by atoms with Crippen LogP contribution in [0.15, 0.2) is 60.9 Å². The summed E-state index contributed by atoms with van der Waals surface area (Å²) in [5, 5.41) is 11.0. The van der Waals surface area contributed by atoms with E-state index in [1.807, 2.05) is 44.2 Å². The maximum atomic E-state index is 13.2. The van der Waals surface area contributed by atoms with E-state index < -0.39 is 0 Å². The number of urea groups is 1.